The molecule has 0 aliphatic rings. The van der Waals surface area contributed by atoms with Crippen molar-refractivity contribution in [1.29, 1.82) is 0 Å². The number of carbonyl (C=O) groups excluding carboxylic acids is 1. The Morgan fingerprint density at radius 2 is 2.21 bits per heavy atom. The normalized spacial score (nSPS) is 12.0. The summed E-state index contributed by atoms with van der Waals surface area (Å²) in [5, 5.41) is 15.2. The minimum absolute atomic E-state index is 0.0657. The zero-order valence-corrected chi connectivity index (χ0v) is 15.8. The molecule has 1 atom stereocenters. The molecule has 0 saturated carbocycles. The van der Waals surface area contributed by atoms with Crippen molar-refractivity contribution >= 4 is 45.7 Å². The van der Waals surface area contributed by atoms with Gasteiger partial charge in [0.05, 0.1) is 11.9 Å². The molecule has 0 spiro atoms. The Morgan fingerprint density at radius 1 is 1.42 bits per heavy atom. The van der Waals surface area contributed by atoms with Crippen molar-refractivity contribution in [2.24, 2.45) is 0 Å². The van der Waals surface area contributed by atoms with E-state index in [0.29, 0.717) is 24.7 Å². The summed E-state index contributed by atoms with van der Waals surface area (Å²) in [4.78, 5) is 12.2. The Morgan fingerprint density at radius 3 is 2.96 bits per heavy atom. The van der Waals surface area contributed by atoms with Gasteiger partial charge >= 0.3 is 0 Å². The lowest BCUT2D eigenvalue weighted by Gasteiger charge is -2.11. The molecular weight excluding hydrogens is 368 g/mol. The second-order valence-corrected chi connectivity index (χ2v) is 7.83. The van der Waals surface area contributed by atoms with Gasteiger partial charge < -0.3 is 15.4 Å². The van der Waals surface area contributed by atoms with Crippen molar-refractivity contribution in [1.82, 2.24) is 15.5 Å². The van der Waals surface area contributed by atoms with E-state index in [2.05, 4.69) is 20.8 Å². The fourth-order valence-electron chi connectivity index (χ4n) is 1.76. The number of hydrogen-bond donors (Lipinski definition) is 2. The summed E-state index contributed by atoms with van der Waals surface area (Å²) >= 11 is 8.88. The molecule has 2 N–H and O–H groups in total. The van der Waals surface area contributed by atoms with Gasteiger partial charge in [-0.05, 0) is 18.6 Å². The van der Waals surface area contributed by atoms with Crippen LogP contribution in [0, 0.1) is 0 Å². The lowest BCUT2D eigenvalue weighted by atomic mass is 10.2. The van der Waals surface area contributed by atoms with Crippen molar-refractivity contribution in [2.45, 2.75) is 23.1 Å². The second-order valence-electron chi connectivity index (χ2n) is 4.86. The van der Waals surface area contributed by atoms with Crippen molar-refractivity contribution in [3.8, 4) is 0 Å². The minimum Gasteiger partial charge on any atom is -0.383 e. The highest BCUT2D eigenvalue weighted by atomic mass is 35.5. The molecule has 1 amide bonds. The van der Waals surface area contributed by atoms with Crippen LogP contribution in [0.5, 0.6) is 0 Å². The van der Waals surface area contributed by atoms with Crippen LogP contribution in [0.4, 0.5) is 5.13 Å². The number of carbonyl (C=O) groups is 1. The van der Waals surface area contributed by atoms with E-state index < -0.39 is 0 Å². The fourth-order valence-corrected chi connectivity index (χ4v) is 3.91. The van der Waals surface area contributed by atoms with Gasteiger partial charge in [0.15, 0.2) is 4.34 Å². The summed E-state index contributed by atoms with van der Waals surface area (Å²) in [6.07, 6.45) is 0. The highest BCUT2D eigenvalue weighted by Gasteiger charge is 2.17. The third-order valence-electron chi connectivity index (χ3n) is 3.05. The van der Waals surface area contributed by atoms with E-state index in [-0.39, 0.29) is 11.2 Å². The fraction of sp³-hybridized carbons (Fsp3) is 0.400. The number of anilines is 1. The maximum atomic E-state index is 12.2. The number of halogens is 1. The van der Waals surface area contributed by atoms with E-state index >= 15 is 0 Å². The van der Waals surface area contributed by atoms with Crippen LogP contribution in [-0.4, -0.2) is 41.6 Å². The van der Waals surface area contributed by atoms with Crippen LogP contribution in [0.1, 0.15) is 12.5 Å². The van der Waals surface area contributed by atoms with E-state index in [1.807, 2.05) is 25.1 Å². The van der Waals surface area contributed by atoms with Gasteiger partial charge in [-0.15, -0.1) is 10.2 Å². The van der Waals surface area contributed by atoms with E-state index in [9.17, 15) is 4.79 Å². The number of ether oxygens (including phenoxy) is 1. The van der Waals surface area contributed by atoms with Crippen molar-refractivity contribution in [2.75, 3.05) is 25.6 Å². The van der Waals surface area contributed by atoms with Gasteiger partial charge in [-0.1, -0.05) is 52.9 Å². The van der Waals surface area contributed by atoms with Crippen LogP contribution < -0.4 is 10.6 Å². The molecule has 0 aliphatic heterocycles. The standard InChI is InChI=1S/C15H19ClN4O2S2/c1-10(13(21)18-9-11-5-3-4-6-12(11)16)23-15-20-19-14(24-15)17-7-8-22-2/h3-6,10H,7-9H2,1-2H3,(H,17,19)(H,18,21)/t10-/m0/s1. The summed E-state index contributed by atoms with van der Waals surface area (Å²) in [6.45, 7) is 3.52. The number of aromatic nitrogens is 2. The molecule has 0 bridgehead atoms. The lowest BCUT2D eigenvalue weighted by molar-refractivity contribution is -0.120. The van der Waals surface area contributed by atoms with Crippen molar-refractivity contribution in [3.63, 3.8) is 0 Å². The summed E-state index contributed by atoms with van der Waals surface area (Å²) in [5.74, 6) is -0.0657. The van der Waals surface area contributed by atoms with E-state index in [0.717, 1.165) is 15.0 Å². The number of amides is 1. The van der Waals surface area contributed by atoms with Crippen LogP contribution in [0.25, 0.3) is 0 Å². The molecule has 6 nitrogen and oxygen atoms in total. The van der Waals surface area contributed by atoms with E-state index in [1.54, 1.807) is 13.2 Å². The Labute approximate surface area is 154 Å². The highest BCUT2D eigenvalue weighted by molar-refractivity contribution is 8.02. The number of rotatable bonds is 9. The minimum atomic E-state index is -0.271. The molecule has 0 radical (unpaired) electrons. The third-order valence-corrected chi connectivity index (χ3v) is 5.48. The van der Waals surface area contributed by atoms with Gasteiger partial charge in [-0.3, -0.25) is 4.79 Å². The summed E-state index contributed by atoms with van der Waals surface area (Å²) in [5.41, 5.74) is 0.894. The third kappa shape index (κ3) is 5.94. The highest BCUT2D eigenvalue weighted by Crippen LogP contribution is 2.28. The van der Waals surface area contributed by atoms with Gasteiger partial charge in [-0.2, -0.15) is 0 Å². The SMILES string of the molecule is COCCNc1nnc(S[C@@H](C)C(=O)NCc2ccccc2Cl)s1. The first-order chi connectivity index (χ1) is 11.6. The summed E-state index contributed by atoms with van der Waals surface area (Å²) in [6, 6.07) is 7.45. The first kappa shape index (κ1) is 19.0. The Kier molecular flexibility index (Phi) is 7.77. The smallest absolute Gasteiger partial charge is 0.233 e. The van der Waals surface area contributed by atoms with E-state index in [4.69, 9.17) is 16.3 Å². The molecular formula is C15H19ClN4O2S2. The lowest BCUT2D eigenvalue weighted by Crippen LogP contribution is -2.30. The van der Waals surface area contributed by atoms with Crippen LogP contribution >= 0.6 is 34.7 Å². The molecule has 1 heterocycles. The summed E-state index contributed by atoms with van der Waals surface area (Å²) in [7, 11) is 1.64. The number of nitrogens with one attached hydrogen (secondary N) is 2. The van der Waals surface area contributed by atoms with Gasteiger partial charge in [0.25, 0.3) is 0 Å². The average molecular weight is 387 g/mol. The molecule has 1 aromatic heterocycles. The number of benzene rings is 1. The van der Waals surface area contributed by atoms with Gasteiger partial charge in [-0.25, -0.2) is 0 Å². The topological polar surface area (TPSA) is 76.1 Å². The number of hydrogen-bond acceptors (Lipinski definition) is 7. The molecule has 0 unspecified atom stereocenters. The van der Waals surface area contributed by atoms with Crippen molar-refractivity contribution < 1.29 is 9.53 Å². The first-order valence-electron chi connectivity index (χ1n) is 7.34. The monoisotopic (exact) mass is 386 g/mol. The maximum Gasteiger partial charge on any atom is 0.233 e. The Balaban J connectivity index is 1.80. The number of thioether (sulfide) groups is 1. The van der Waals surface area contributed by atoms with E-state index in [1.165, 1.54) is 23.1 Å². The molecule has 2 rings (SSSR count). The predicted octanol–water partition coefficient (Wildman–Crippen LogP) is 3.05. The van der Waals surface area contributed by atoms with Crippen LogP contribution in [0.3, 0.4) is 0 Å². The molecule has 24 heavy (non-hydrogen) atoms. The molecule has 0 saturated heterocycles. The first-order valence-corrected chi connectivity index (χ1v) is 9.41. The molecule has 0 fully saturated rings. The van der Waals surface area contributed by atoms with Crippen LogP contribution in [0.2, 0.25) is 5.02 Å². The predicted molar refractivity (Wildman–Crippen MR) is 98.9 cm³/mol. The van der Waals surface area contributed by atoms with Crippen LogP contribution in [-0.2, 0) is 16.1 Å². The average Bonchev–Trinajstić information content (AvgIpc) is 3.01. The van der Waals surface area contributed by atoms with Gasteiger partial charge in [0, 0.05) is 25.2 Å². The maximum absolute atomic E-state index is 12.2. The van der Waals surface area contributed by atoms with Crippen LogP contribution in [0.15, 0.2) is 28.6 Å². The molecule has 0 aliphatic carbocycles. The molecule has 2 aromatic rings. The summed E-state index contributed by atoms with van der Waals surface area (Å²) < 4.78 is 5.71. The molecule has 130 valence electrons. The second kappa shape index (κ2) is 9.83. The number of methoxy groups -OCH3 is 1. The zero-order chi connectivity index (χ0) is 17.4. The Hall–Kier alpha value is -1.35. The number of nitrogens with zero attached hydrogens (tertiary/aromatic N) is 2. The molecule has 9 heteroatoms. The van der Waals surface area contributed by atoms with Gasteiger partial charge in [0.2, 0.25) is 11.0 Å². The van der Waals surface area contributed by atoms with Crippen molar-refractivity contribution in [3.05, 3.63) is 34.9 Å². The Bertz CT molecular complexity index is 668. The largest absolute Gasteiger partial charge is 0.383 e. The van der Waals surface area contributed by atoms with Gasteiger partial charge in [0.1, 0.15) is 0 Å². The quantitative estimate of drug-likeness (QED) is 0.509. The zero-order valence-electron chi connectivity index (χ0n) is 13.4. The molecule has 1 aromatic carbocycles.